The first-order valence-electron chi connectivity index (χ1n) is 11.7. The SMILES string of the molecule is CN=C(NCCCOc1ccccc1C)N1CC(CCN2CCCC2=O)c2ccccc21. The molecule has 0 saturated carbocycles. The Kier molecular flexibility index (Phi) is 7.30. The number of nitrogens with one attached hydrogen (secondary N) is 1. The average molecular weight is 435 g/mol. The van der Waals surface area contributed by atoms with Gasteiger partial charge in [-0.2, -0.15) is 0 Å². The molecule has 0 radical (unpaired) electrons. The van der Waals surface area contributed by atoms with Crippen LogP contribution in [0.25, 0.3) is 0 Å². The van der Waals surface area contributed by atoms with Crippen LogP contribution in [-0.4, -0.2) is 56.6 Å². The van der Waals surface area contributed by atoms with Gasteiger partial charge in [-0.25, -0.2) is 0 Å². The maximum atomic E-state index is 12.0. The molecule has 1 atom stereocenters. The summed E-state index contributed by atoms with van der Waals surface area (Å²) >= 11 is 0. The largest absolute Gasteiger partial charge is 0.493 e. The van der Waals surface area contributed by atoms with Crippen LogP contribution in [0.3, 0.4) is 0 Å². The molecule has 2 aromatic carbocycles. The number of likely N-dealkylation sites (tertiary alicyclic amines) is 1. The number of amides is 1. The molecule has 1 saturated heterocycles. The van der Waals surface area contributed by atoms with Crippen LogP contribution in [0.5, 0.6) is 5.75 Å². The number of hydrogen-bond acceptors (Lipinski definition) is 3. The number of benzene rings is 2. The predicted molar refractivity (Wildman–Crippen MR) is 130 cm³/mol. The molecule has 1 unspecified atom stereocenters. The van der Waals surface area contributed by atoms with Crippen molar-refractivity contribution in [3.63, 3.8) is 0 Å². The zero-order chi connectivity index (χ0) is 22.3. The molecule has 0 aliphatic carbocycles. The quantitative estimate of drug-likeness (QED) is 0.388. The van der Waals surface area contributed by atoms with Crippen molar-refractivity contribution in [3.8, 4) is 5.75 Å². The highest BCUT2D eigenvalue weighted by Gasteiger charge is 2.31. The van der Waals surface area contributed by atoms with Crippen LogP contribution >= 0.6 is 0 Å². The summed E-state index contributed by atoms with van der Waals surface area (Å²) in [5, 5.41) is 3.51. The van der Waals surface area contributed by atoms with Gasteiger partial charge in [-0.05, 0) is 49.4 Å². The summed E-state index contributed by atoms with van der Waals surface area (Å²) in [5.41, 5.74) is 3.73. The number of aryl methyl sites for hydroxylation is 1. The Balaban J connectivity index is 1.31. The third-order valence-corrected chi connectivity index (χ3v) is 6.41. The van der Waals surface area contributed by atoms with Gasteiger partial charge >= 0.3 is 0 Å². The topological polar surface area (TPSA) is 57.2 Å². The van der Waals surface area contributed by atoms with Crippen molar-refractivity contribution in [1.82, 2.24) is 10.2 Å². The van der Waals surface area contributed by atoms with E-state index >= 15 is 0 Å². The van der Waals surface area contributed by atoms with E-state index in [0.29, 0.717) is 24.9 Å². The van der Waals surface area contributed by atoms with Gasteiger partial charge in [-0.1, -0.05) is 36.4 Å². The Bertz CT molecular complexity index is 958. The van der Waals surface area contributed by atoms with Crippen molar-refractivity contribution in [2.24, 2.45) is 4.99 Å². The van der Waals surface area contributed by atoms with Gasteiger partial charge in [-0.15, -0.1) is 0 Å². The van der Waals surface area contributed by atoms with Crippen LogP contribution in [0.4, 0.5) is 5.69 Å². The zero-order valence-electron chi connectivity index (χ0n) is 19.2. The van der Waals surface area contributed by atoms with Gasteiger partial charge in [0.05, 0.1) is 6.61 Å². The lowest BCUT2D eigenvalue weighted by atomic mass is 9.98. The lowest BCUT2D eigenvalue weighted by molar-refractivity contribution is -0.127. The molecule has 32 heavy (non-hydrogen) atoms. The second-order valence-corrected chi connectivity index (χ2v) is 8.58. The summed E-state index contributed by atoms with van der Waals surface area (Å²) in [6.07, 6.45) is 3.58. The second-order valence-electron chi connectivity index (χ2n) is 8.58. The van der Waals surface area contributed by atoms with E-state index in [1.54, 1.807) is 0 Å². The van der Waals surface area contributed by atoms with Crippen LogP contribution in [0.2, 0.25) is 0 Å². The predicted octanol–water partition coefficient (Wildman–Crippen LogP) is 3.96. The minimum Gasteiger partial charge on any atom is -0.493 e. The number of anilines is 1. The fourth-order valence-corrected chi connectivity index (χ4v) is 4.66. The fourth-order valence-electron chi connectivity index (χ4n) is 4.66. The summed E-state index contributed by atoms with van der Waals surface area (Å²) in [4.78, 5) is 20.9. The van der Waals surface area contributed by atoms with Gasteiger partial charge in [0, 0.05) is 51.3 Å². The van der Waals surface area contributed by atoms with Crippen molar-refractivity contribution in [3.05, 3.63) is 59.7 Å². The number of fused-ring (bicyclic) bond motifs is 1. The molecule has 170 valence electrons. The first-order valence-corrected chi connectivity index (χ1v) is 11.7. The molecule has 6 heteroatoms. The van der Waals surface area contributed by atoms with Crippen molar-refractivity contribution >= 4 is 17.6 Å². The molecule has 0 aromatic heterocycles. The van der Waals surface area contributed by atoms with Crippen molar-refractivity contribution in [2.75, 3.05) is 44.7 Å². The van der Waals surface area contributed by atoms with Gasteiger partial charge in [0.2, 0.25) is 5.91 Å². The number of ether oxygens (including phenoxy) is 1. The van der Waals surface area contributed by atoms with Gasteiger partial charge in [0.25, 0.3) is 0 Å². The number of para-hydroxylation sites is 2. The Hall–Kier alpha value is -3.02. The lowest BCUT2D eigenvalue weighted by Gasteiger charge is -2.23. The highest BCUT2D eigenvalue weighted by Crippen LogP contribution is 2.38. The Morgan fingerprint density at radius 3 is 2.78 bits per heavy atom. The first-order chi connectivity index (χ1) is 15.7. The normalized spacial score (nSPS) is 18.2. The molecule has 2 aliphatic rings. The molecular weight excluding hydrogens is 400 g/mol. The Morgan fingerprint density at radius 2 is 2.00 bits per heavy atom. The molecule has 1 amide bonds. The maximum absolute atomic E-state index is 12.0. The molecule has 4 rings (SSSR count). The van der Waals surface area contributed by atoms with E-state index in [0.717, 1.165) is 62.7 Å². The van der Waals surface area contributed by atoms with E-state index in [9.17, 15) is 4.79 Å². The maximum Gasteiger partial charge on any atom is 0.222 e. The molecule has 0 spiro atoms. The molecule has 0 bridgehead atoms. The van der Waals surface area contributed by atoms with Crippen molar-refractivity contribution in [2.45, 2.75) is 38.5 Å². The Morgan fingerprint density at radius 1 is 1.19 bits per heavy atom. The Labute approximate surface area is 191 Å². The fraction of sp³-hybridized carbons (Fsp3) is 0.462. The molecule has 1 fully saturated rings. The second kappa shape index (κ2) is 10.5. The number of rotatable bonds is 8. The zero-order valence-corrected chi connectivity index (χ0v) is 19.2. The van der Waals surface area contributed by atoms with Gasteiger partial charge < -0.3 is 19.9 Å². The molecule has 2 aromatic rings. The third kappa shape index (κ3) is 5.06. The number of hydrogen-bond donors (Lipinski definition) is 1. The monoisotopic (exact) mass is 434 g/mol. The highest BCUT2D eigenvalue weighted by molar-refractivity contribution is 5.98. The highest BCUT2D eigenvalue weighted by atomic mass is 16.5. The van der Waals surface area contributed by atoms with Crippen LogP contribution in [0.1, 0.15) is 42.7 Å². The summed E-state index contributed by atoms with van der Waals surface area (Å²) in [6, 6.07) is 16.7. The number of carbonyl (C=O) groups excluding carboxylic acids is 1. The molecule has 6 nitrogen and oxygen atoms in total. The van der Waals surface area contributed by atoms with E-state index < -0.39 is 0 Å². The molecule has 2 aliphatic heterocycles. The van der Waals surface area contributed by atoms with Crippen LogP contribution in [-0.2, 0) is 4.79 Å². The summed E-state index contributed by atoms with van der Waals surface area (Å²) in [5.74, 6) is 2.55. The van der Waals surface area contributed by atoms with Gasteiger partial charge in [0.15, 0.2) is 5.96 Å². The number of aliphatic imine (C=N–C) groups is 1. The van der Waals surface area contributed by atoms with Crippen LogP contribution in [0.15, 0.2) is 53.5 Å². The van der Waals surface area contributed by atoms with E-state index in [1.807, 2.05) is 30.1 Å². The summed E-state index contributed by atoms with van der Waals surface area (Å²) in [7, 11) is 1.84. The molecule has 1 N–H and O–H groups in total. The van der Waals surface area contributed by atoms with E-state index in [2.05, 4.69) is 52.5 Å². The smallest absolute Gasteiger partial charge is 0.222 e. The molecule has 2 heterocycles. The minimum absolute atomic E-state index is 0.304. The first kappa shape index (κ1) is 22.2. The number of carbonyl (C=O) groups is 1. The van der Waals surface area contributed by atoms with E-state index in [-0.39, 0.29) is 0 Å². The summed E-state index contributed by atoms with van der Waals surface area (Å²) < 4.78 is 5.91. The standard InChI is InChI=1S/C26H34N4O2/c1-20-9-3-6-12-24(20)32-18-8-15-28-26(27-2)30-19-21(22-10-4-5-11-23(22)30)14-17-29-16-7-13-25(29)31/h3-6,9-12,21H,7-8,13-19H2,1-2H3,(H,27,28). The van der Waals surface area contributed by atoms with Crippen molar-refractivity contribution < 1.29 is 9.53 Å². The molecular formula is C26H34N4O2. The summed E-state index contributed by atoms with van der Waals surface area (Å²) in [6.45, 7) is 6.16. The number of nitrogens with zero attached hydrogens (tertiary/aromatic N) is 3. The van der Waals surface area contributed by atoms with Crippen molar-refractivity contribution in [1.29, 1.82) is 0 Å². The lowest BCUT2D eigenvalue weighted by Crippen LogP contribution is -2.41. The number of guanidine groups is 1. The van der Waals surface area contributed by atoms with E-state index in [4.69, 9.17) is 4.74 Å². The van der Waals surface area contributed by atoms with Crippen LogP contribution < -0.4 is 15.0 Å². The van der Waals surface area contributed by atoms with Gasteiger partial charge in [0.1, 0.15) is 5.75 Å². The van der Waals surface area contributed by atoms with Gasteiger partial charge in [-0.3, -0.25) is 9.79 Å². The average Bonchev–Trinajstić information content (AvgIpc) is 3.39. The van der Waals surface area contributed by atoms with Crippen LogP contribution in [0, 0.1) is 6.92 Å². The third-order valence-electron chi connectivity index (χ3n) is 6.41. The minimum atomic E-state index is 0.304. The van der Waals surface area contributed by atoms with E-state index in [1.165, 1.54) is 11.3 Å².